The van der Waals surface area contributed by atoms with Gasteiger partial charge in [0.05, 0.1) is 29.2 Å². The van der Waals surface area contributed by atoms with Crippen LogP contribution in [0.1, 0.15) is 25.0 Å². The third-order valence-electron chi connectivity index (χ3n) is 3.49. The Bertz CT molecular complexity index is 629. The van der Waals surface area contributed by atoms with E-state index in [0.29, 0.717) is 38.5 Å². The number of benzene rings is 2. The molecule has 0 N–H and O–H groups in total. The minimum Gasteiger partial charge on any atom is -0.380 e. The Kier molecular flexibility index (Phi) is 6.28. The van der Waals surface area contributed by atoms with E-state index in [1.54, 1.807) is 28.4 Å². The van der Waals surface area contributed by atoms with Crippen molar-refractivity contribution in [3.63, 3.8) is 0 Å². The van der Waals surface area contributed by atoms with Crippen molar-refractivity contribution in [2.45, 2.75) is 26.4 Å². The van der Waals surface area contributed by atoms with Crippen molar-refractivity contribution < 1.29 is 21.7 Å². The standard InChI is InChI=1S/C20H26O4/c1-21-11-15-5-16(12-22-2)8-19(7-15)20-9-17(13-23-3)6-18(10-20)14-24-4/h5-10H,11-14H2,1-4H3/i5D,6D. The third kappa shape index (κ3) is 5.14. The SMILES string of the molecule is [2H]c1c(COC)cc(-c2cc(COC)c([2H])c(COC)c2)cc1COC. The van der Waals surface area contributed by atoms with Gasteiger partial charge in [0, 0.05) is 28.4 Å². The van der Waals surface area contributed by atoms with Crippen molar-refractivity contribution in [2.75, 3.05) is 28.4 Å². The van der Waals surface area contributed by atoms with Gasteiger partial charge in [0.25, 0.3) is 0 Å². The van der Waals surface area contributed by atoms with Crippen LogP contribution in [0.25, 0.3) is 11.1 Å². The van der Waals surface area contributed by atoms with Crippen LogP contribution in [0.3, 0.4) is 0 Å². The molecular formula is C20H26O4. The van der Waals surface area contributed by atoms with Gasteiger partial charge in [-0.05, 0) is 57.6 Å². The summed E-state index contributed by atoms with van der Waals surface area (Å²) < 4.78 is 37.6. The van der Waals surface area contributed by atoms with Crippen LogP contribution in [0.2, 0.25) is 0 Å². The highest BCUT2D eigenvalue weighted by Gasteiger charge is 2.07. The molecule has 0 aliphatic heterocycles. The third-order valence-corrected chi connectivity index (χ3v) is 3.49. The second-order valence-electron chi connectivity index (χ2n) is 5.57. The second kappa shape index (κ2) is 9.55. The lowest BCUT2D eigenvalue weighted by atomic mass is 9.96. The highest BCUT2D eigenvalue weighted by Crippen LogP contribution is 2.26. The number of methoxy groups -OCH3 is 4. The monoisotopic (exact) mass is 332 g/mol. The molecule has 0 bridgehead atoms. The van der Waals surface area contributed by atoms with E-state index >= 15 is 0 Å². The summed E-state index contributed by atoms with van der Waals surface area (Å²) in [6.07, 6.45) is 0. The van der Waals surface area contributed by atoms with Crippen LogP contribution >= 0.6 is 0 Å². The zero-order valence-corrected chi connectivity index (χ0v) is 14.8. The van der Waals surface area contributed by atoms with E-state index in [4.69, 9.17) is 21.7 Å². The van der Waals surface area contributed by atoms with Crippen LogP contribution < -0.4 is 0 Å². The van der Waals surface area contributed by atoms with Gasteiger partial charge in [-0.2, -0.15) is 0 Å². The van der Waals surface area contributed by atoms with Crippen LogP contribution in [0.15, 0.2) is 36.4 Å². The molecule has 2 aromatic rings. The molecule has 2 aromatic carbocycles. The zero-order chi connectivity index (χ0) is 19.1. The van der Waals surface area contributed by atoms with Crippen LogP contribution in [0.5, 0.6) is 0 Å². The molecule has 0 aliphatic carbocycles. The smallest absolute Gasteiger partial charge is 0.0713 e. The Labute approximate surface area is 147 Å². The Morgan fingerprint density at radius 1 is 0.583 bits per heavy atom. The van der Waals surface area contributed by atoms with Crippen molar-refractivity contribution in [2.24, 2.45) is 0 Å². The highest BCUT2D eigenvalue weighted by molar-refractivity contribution is 5.67. The summed E-state index contributed by atoms with van der Waals surface area (Å²) in [5.41, 5.74) is 5.11. The van der Waals surface area contributed by atoms with Gasteiger partial charge < -0.3 is 18.9 Å². The van der Waals surface area contributed by atoms with Crippen LogP contribution in [-0.2, 0) is 45.4 Å². The van der Waals surface area contributed by atoms with Gasteiger partial charge in [-0.15, -0.1) is 0 Å². The van der Waals surface area contributed by atoms with Gasteiger partial charge in [-0.1, -0.05) is 12.1 Å². The van der Waals surface area contributed by atoms with Crippen molar-refractivity contribution >= 4 is 0 Å². The minimum atomic E-state index is 0.357. The molecule has 130 valence electrons. The molecule has 0 aliphatic rings. The predicted molar refractivity (Wildman–Crippen MR) is 94.7 cm³/mol. The fourth-order valence-electron chi connectivity index (χ4n) is 2.66. The lowest BCUT2D eigenvalue weighted by Crippen LogP contribution is -1.97. The normalized spacial score (nSPS) is 12.2. The number of hydrogen-bond donors (Lipinski definition) is 0. The first kappa shape index (κ1) is 15.8. The maximum absolute atomic E-state index is 8.33. The molecule has 4 heteroatoms. The Balaban J connectivity index is 2.61. The Morgan fingerprint density at radius 2 is 0.833 bits per heavy atom. The van der Waals surface area contributed by atoms with Crippen LogP contribution in [-0.4, -0.2) is 28.4 Å². The average Bonchev–Trinajstić information content (AvgIpc) is 2.62. The molecule has 24 heavy (non-hydrogen) atoms. The van der Waals surface area contributed by atoms with Crippen molar-refractivity contribution in [1.29, 1.82) is 0 Å². The number of ether oxygens (including phenoxy) is 4. The molecular weight excluding hydrogens is 304 g/mol. The Hall–Kier alpha value is -1.72. The summed E-state index contributed by atoms with van der Waals surface area (Å²) in [4.78, 5) is 0. The van der Waals surface area contributed by atoms with Gasteiger partial charge >= 0.3 is 0 Å². The summed E-state index contributed by atoms with van der Waals surface area (Å²) in [6.45, 7) is 1.43. The molecule has 0 saturated carbocycles. The van der Waals surface area contributed by atoms with Gasteiger partial charge in [0.1, 0.15) is 0 Å². The largest absolute Gasteiger partial charge is 0.380 e. The maximum atomic E-state index is 8.33. The zero-order valence-electron chi connectivity index (χ0n) is 16.8. The molecule has 0 atom stereocenters. The molecule has 0 heterocycles. The van der Waals surface area contributed by atoms with Gasteiger partial charge in [-0.3, -0.25) is 0 Å². The summed E-state index contributed by atoms with van der Waals surface area (Å²) in [7, 11) is 6.46. The van der Waals surface area contributed by atoms with E-state index in [1.807, 2.05) is 24.3 Å². The molecule has 0 aromatic heterocycles. The first-order valence-corrected chi connectivity index (χ1v) is 7.76. The fourth-order valence-corrected chi connectivity index (χ4v) is 2.66. The molecule has 4 nitrogen and oxygen atoms in total. The van der Waals surface area contributed by atoms with E-state index in [0.717, 1.165) is 33.4 Å². The number of hydrogen-bond acceptors (Lipinski definition) is 4. The molecule has 0 amide bonds. The second-order valence-corrected chi connectivity index (χ2v) is 5.57. The van der Waals surface area contributed by atoms with Gasteiger partial charge in [-0.25, -0.2) is 0 Å². The summed E-state index contributed by atoms with van der Waals surface area (Å²) >= 11 is 0. The molecule has 2 rings (SSSR count). The van der Waals surface area contributed by atoms with Gasteiger partial charge in [0.2, 0.25) is 0 Å². The van der Waals surface area contributed by atoms with E-state index in [-0.39, 0.29) is 0 Å². The lowest BCUT2D eigenvalue weighted by Gasteiger charge is -2.13. The topological polar surface area (TPSA) is 36.9 Å². The quantitative estimate of drug-likeness (QED) is 0.697. The van der Waals surface area contributed by atoms with E-state index in [2.05, 4.69) is 0 Å². The summed E-state index contributed by atoms with van der Waals surface area (Å²) in [5, 5.41) is 0. The fraction of sp³-hybridized carbons (Fsp3) is 0.400. The minimum absolute atomic E-state index is 0.357. The Morgan fingerprint density at radius 3 is 1.04 bits per heavy atom. The molecule has 0 unspecified atom stereocenters. The van der Waals surface area contributed by atoms with E-state index in [9.17, 15) is 0 Å². The van der Waals surface area contributed by atoms with Gasteiger partial charge in [0.15, 0.2) is 0 Å². The first-order valence-electron chi connectivity index (χ1n) is 8.76. The van der Waals surface area contributed by atoms with Crippen molar-refractivity contribution in [3.8, 4) is 11.1 Å². The highest BCUT2D eigenvalue weighted by atomic mass is 16.5. The molecule has 0 radical (unpaired) electrons. The van der Waals surface area contributed by atoms with Crippen LogP contribution in [0, 0.1) is 0 Å². The van der Waals surface area contributed by atoms with Crippen molar-refractivity contribution in [1.82, 2.24) is 0 Å². The summed E-state index contributed by atoms with van der Waals surface area (Å²) in [6, 6.07) is 8.69. The lowest BCUT2D eigenvalue weighted by molar-refractivity contribution is 0.180. The first-order chi connectivity index (χ1) is 12.5. The molecule has 0 fully saturated rings. The average molecular weight is 332 g/mol. The van der Waals surface area contributed by atoms with E-state index in [1.165, 1.54) is 0 Å². The number of rotatable bonds is 9. The van der Waals surface area contributed by atoms with Crippen LogP contribution in [0.4, 0.5) is 0 Å². The van der Waals surface area contributed by atoms with Crippen molar-refractivity contribution in [3.05, 3.63) is 58.6 Å². The molecule has 0 spiro atoms. The summed E-state index contributed by atoms with van der Waals surface area (Å²) in [5.74, 6) is 0. The maximum Gasteiger partial charge on any atom is 0.0713 e. The molecule has 0 saturated heterocycles. The van der Waals surface area contributed by atoms with E-state index < -0.39 is 0 Å². The predicted octanol–water partition coefficient (Wildman–Crippen LogP) is 3.94.